The van der Waals surface area contributed by atoms with Gasteiger partial charge in [0.15, 0.2) is 5.96 Å². The normalized spacial score (nSPS) is 20.7. The van der Waals surface area contributed by atoms with Crippen molar-refractivity contribution in [3.8, 4) is 0 Å². The maximum Gasteiger partial charge on any atom is 0.252 e. The largest absolute Gasteiger partial charge is 0.357 e. The molecule has 2 aliphatic heterocycles. The number of nitrogens with one attached hydrogen (secondary N) is 2. The topological polar surface area (TPSA) is 72.9 Å². The highest BCUT2D eigenvalue weighted by Crippen LogP contribution is 2.31. The first-order valence-corrected chi connectivity index (χ1v) is 12.2. The van der Waals surface area contributed by atoms with E-state index in [4.69, 9.17) is 4.99 Å². The Kier molecular flexibility index (Phi) is 10.6. The quantitative estimate of drug-likeness (QED) is 0.229. The van der Waals surface area contributed by atoms with Crippen LogP contribution in [0.15, 0.2) is 59.9 Å². The number of aliphatic imine (C=N–C) groups is 1. The number of benzene rings is 1. The number of hydrogen-bond acceptors (Lipinski definition) is 4. The molecule has 1 aromatic heterocycles. The lowest BCUT2D eigenvalue weighted by Crippen LogP contribution is -2.56. The SMILES string of the molecule is CCNC(=NCCNC(=O)c1cccnc1)N1CCC2C(CCCN2Cc2ccccc2)C1.I. The number of fused-ring (bicyclic) bond motifs is 1. The summed E-state index contributed by atoms with van der Waals surface area (Å²) in [6, 6.07) is 15.0. The molecule has 2 aromatic rings. The minimum atomic E-state index is -0.107. The molecule has 7 nitrogen and oxygen atoms in total. The molecule has 184 valence electrons. The molecule has 2 fully saturated rings. The molecule has 0 saturated carbocycles. The van der Waals surface area contributed by atoms with Crippen LogP contribution in [0.5, 0.6) is 0 Å². The number of amides is 1. The predicted octanol–water partition coefficient (Wildman–Crippen LogP) is 3.38. The smallest absolute Gasteiger partial charge is 0.252 e. The number of pyridine rings is 1. The van der Waals surface area contributed by atoms with Gasteiger partial charge in [-0.05, 0) is 56.3 Å². The van der Waals surface area contributed by atoms with Crippen molar-refractivity contribution in [1.82, 2.24) is 25.4 Å². The van der Waals surface area contributed by atoms with E-state index in [9.17, 15) is 4.79 Å². The first kappa shape index (κ1) is 26.4. The summed E-state index contributed by atoms with van der Waals surface area (Å²) >= 11 is 0. The van der Waals surface area contributed by atoms with Crippen molar-refractivity contribution in [2.45, 2.75) is 38.8 Å². The van der Waals surface area contributed by atoms with Crippen molar-refractivity contribution in [2.24, 2.45) is 10.9 Å². The van der Waals surface area contributed by atoms with Crippen LogP contribution in [-0.2, 0) is 6.54 Å². The van der Waals surface area contributed by atoms with Crippen LogP contribution in [0, 0.1) is 5.92 Å². The monoisotopic (exact) mass is 576 g/mol. The highest BCUT2D eigenvalue weighted by molar-refractivity contribution is 14.0. The summed E-state index contributed by atoms with van der Waals surface area (Å²) in [5.41, 5.74) is 1.98. The molecule has 4 rings (SSSR count). The maximum atomic E-state index is 12.2. The fourth-order valence-electron chi connectivity index (χ4n) is 5.07. The number of guanidine groups is 1. The molecule has 2 saturated heterocycles. The Balaban J connectivity index is 0.00000324. The Morgan fingerprint density at radius 1 is 1.12 bits per heavy atom. The van der Waals surface area contributed by atoms with Gasteiger partial charge in [0, 0.05) is 51.2 Å². The van der Waals surface area contributed by atoms with Crippen LogP contribution >= 0.6 is 24.0 Å². The van der Waals surface area contributed by atoms with Crippen molar-refractivity contribution in [2.75, 3.05) is 39.3 Å². The van der Waals surface area contributed by atoms with E-state index in [1.54, 1.807) is 24.5 Å². The summed E-state index contributed by atoms with van der Waals surface area (Å²) in [5, 5.41) is 6.39. The molecule has 0 radical (unpaired) electrons. The van der Waals surface area contributed by atoms with Gasteiger partial charge in [0.1, 0.15) is 0 Å². The second kappa shape index (κ2) is 13.6. The number of hydrogen-bond donors (Lipinski definition) is 2. The fourth-order valence-corrected chi connectivity index (χ4v) is 5.07. The molecule has 0 bridgehead atoms. The first-order valence-electron chi connectivity index (χ1n) is 12.2. The van der Waals surface area contributed by atoms with Crippen LogP contribution in [0.4, 0.5) is 0 Å². The van der Waals surface area contributed by atoms with Gasteiger partial charge in [0.05, 0.1) is 12.1 Å². The van der Waals surface area contributed by atoms with Gasteiger partial charge >= 0.3 is 0 Å². The highest BCUT2D eigenvalue weighted by atomic mass is 127. The number of carbonyl (C=O) groups is 1. The zero-order valence-corrected chi connectivity index (χ0v) is 22.4. The van der Waals surface area contributed by atoms with Crippen LogP contribution in [0.25, 0.3) is 0 Å². The lowest BCUT2D eigenvalue weighted by atomic mass is 9.83. The van der Waals surface area contributed by atoms with Crippen molar-refractivity contribution in [1.29, 1.82) is 0 Å². The van der Waals surface area contributed by atoms with E-state index in [0.29, 0.717) is 30.6 Å². The van der Waals surface area contributed by atoms with Gasteiger partial charge in [-0.2, -0.15) is 0 Å². The number of carbonyl (C=O) groups excluding carboxylic acids is 1. The molecule has 2 atom stereocenters. The summed E-state index contributed by atoms with van der Waals surface area (Å²) in [5.74, 6) is 1.53. The Labute approximate surface area is 220 Å². The third-order valence-electron chi connectivity index (χ3n) is 6.63. The molecule has 0 aliphatic carbocycles. The van der Waals surface area contributed by atoms with Crippen molar-refractivity contribution in [3.05, 3.63) is 66.0 Å². The Hall–Kier alpha value is -2.20. The lowest BCUT2D eigenvalue weighted by molar-refractivity contribution is 0.0372. The standard InChI is InChI=1S/C26H36N6O.HI/c1-2-28-26(30-15-14-29-25(33)22-10-6-13-27-18-22)32-17-12-24-23(20-32)11-7-16-31(24)19-21-8-4-3-5-9-21;/h3-6,8-10,13,18,23-24H,2,7,11-12,14-17,19-20H2,1H3,(H,28,30)(H,29,33);1H. The summed E-state index contributed by atoms with van der Waals surface area (Å²) in [6.45, 7) is 8.31. The zero-order chi connectivity index (χ0) is 22.9. The zero-order valence-electron chi connectivity index (χ0n) is 20.0. The Morgan fingerprint density at radius 2 is 1.97 bits per heavy atom. The van der Waals surface area contributed by atoms with Crippen molar-refractivity contribution >= 4 is 35.8 Å². The number of rotatable bonds is 7. The Bertz CT molecular complexity index is 910. The third-order valence-corrected chi connectivity index (χ3v) is 6.63. The second-order valence-electron chi connectivity index (χ2n) is 8.89. The molecule has 3 heterocycles. The molecule has 2 aliphatic rings. The average Bonchev–Trinajstić information content (AvgIpc) is 2.87. The third kappa shape index (κ3) is 7.15. The van der Waals surface area contributed by atoms with Gasteiger partial charge in [0.2, 0.25) is 0 Å². The summed E-state index contributed by atoms with van der Waals surface area (Å²) in [6.07, 6.45) is 6.96. The van der Waals surface area contributed by atoms with Gasteiger partial charge in [0.25, 0.3) is 5.91 Å². The van der Waals surface area contributed by atoms with Gasteiger partial charge < -0.3 is 15.5 Å². The average molecular weight is 577 g/mol. The van der Waals surface area contributed by atoms with Crippen LogP contribution in [-0.4, -0.2) is 72.0 Å². The molecule has 34 heavy (non-hydrogen) atoms. The number of halogens is 1. The molecule has 2 N–H and O–H groups in total. The summed E-state index contributed by atoms with van der Waals surface area (Å²) < 4.78 is 0. The minimum absolute atomic E-state index is 0. The Morgan fingerprint density at radius 3 is 2.74 bits per heavy atom. The summed E-state index contributed by atoms with van der Waals surface area (Å²) in [4.78, 5) is 26.1. The van der Waals surface area contributed by atoms with Crippen molar-refractivity contribution < 1.29 is 4.79 Å². The molecular weight excluding hydrogens is 539 g/mol. The van der Waals surface area contributed by atoms with E-state index >= 15 is 0 Å². The predicted molar refractivity (Wildman–Crippen MR) is 148 cm³/mol. The van der Waals surface area contributed by atoms with E-state index in [2.05, 4.69) is 62.7 Å². The molecular formula is C26H37IN6O. The van der Waals surface area contributed by atoms with Crippen LogP contribution in [0.3, 0.4) is 0 Å². The van der Waals surface area contributed by atoms with E-state index in [0.717, 1.165) is 32.1 Å². The van der Waals surface area contributed by atoms with E-state index < -0.39 is 0 Å². The second-order valence-corrected chi connectivity index (χ2v) is 8.89. The summed E-state index contributed by atoms with van der Waals surface area (Å²) in [7, 11) is 0. The number of nitrogens with zero attached hydrogens (tertiary/aromatic N) is 4. The van der Waals surface area contributed by atoms with Gasteiger partial charge in [-0.3, -0.25) is 19.7 Å². The van der Waals surface area contributed by atoms with Crippen LogP contribution in [0.2, 0.25) is 0 Å². The van der Waals surface area contributed by atoms with Crippen molar-refractivity contribution in [3.63, 3.8) is 0 Å². The maximum absolute atomic E-state index is 12.2. The lowest BCUT2D eigenvalue weighted by Gasteiger charge is -2.48. The number of likely N-dealkylation sites (tertiary alicyclic amines) is 2. The molecule has 8 heteroatoms. The fraction of sp³-hybridized carbons (Fsp3) is 0.500. The van der Waals surface area contributed by atoms with Gasteiger partial charge in [-0.25, -0.2) is 0 Å². The minimum Gasteiger partial charge on any atom is -0.357 e. The van der Waals surface area contributed by atoms with Gasteiger partial charge in [-0.15, -0.1) is 24.0 Å². The molecule has 1 amide bonds. The van der Waals surface area contributed by atoms with Crippen LogP contribution < -0.4 is 10.6 Å². The van der Waals surface area contributed by atoms with E-state index in [1.165, 1.54) is 31.4 Å². The number of aromatic nitrogens is 1. The van der Waals surface area contributed by atoms with Gasteiger partial charge in [-0.1, -0.05) is 30.3 Å². The van der Waals surface area contributed by atoms with E-state index in [-0.39, 0.29) is 29.9 Å². The van der Waals surface area contributed by atoms with Crippen LogP contribution in [0.1, 0.15) is 42.1 Å². The molecule has 0 spiro atoms. The molecule has 2 unspecified atom stereocenters. The number of piperidine rings is 2. The van der Waals surface area contributed by atoms with E-state index in [1.807, 2.05) is 0 Å². The molecule has 1 aromatic carbocycles. The highest BCUT2D eigenvalue weighted by Gasteiger charge is 2.36. The first-order chi connectivity index (χ1) is 16.2.